The first-order valence-corrected chi connectivity index (χ1v) is 6.79. The molecule has 0 bridgehead atoms. The van der Waals surface area contributed by atoms with Gasteiger partial charge in [-0.2, -0.15) is 0 Å². The van der Waals surface area contributed by atoms with Crippen LogP contribution in [-0.4, -0.2) is 85.7 Å². The number of piperazine rings is 1. The number of ether oxygens (including phenoxy) is 1. The van der Waals surface area contributed by atoms with Crippen LogP contribution in [0, 0.1) is 0 Å². The maximum absolute atomic E-state index is 12.2. The Hall–Kier alpha value is -0.650. The first-order valence-electron chi connectivity index (χ1n) is 6.79. The van der Waals surface area contributed by atoms with Crippen LogP contribution in [0.1, 0.15) is 13.8 Å². The van der Waals surface area contributed by atoms with Crippen LogP contribution in [-0.2, 0) is 9.53 Å². The standard InChI is InChI=1S/C13H25N3O2/c1-13(2)11-15(8-9-18-13)10-12(17)16-6-4-14(3)5-7-16/h4-11H2,1-3H3. The molecule has 0 radical (unpaired) electrons. The molecule has 2 heterocycles. The molecule has 0 N–H and O–H groups in total. The molecule has 5 heteroatoms. The van der Waals surface area contributed by atoms with E-state index in [1.54, 1.807) is 0 Å². The summed E-state index contributed by atoms with van der Waals surface area (Å²) in [6.07, 6.45) is 0. The van der Waals surface area contributed by atoms with Gasteiger partial charge in [-0.15, -0.1) is 0 Å². The molecule has 2 aliphatic heterocycles. The summed E-state index contributed by atoms with van der Waals surface area (Å²) in [6, 6.07) is 0. The predicted octanol–water partition coefficient (Wildman–Crippen LogP) is -0.129. The number of carbonyl (C=O) groups is 1. The molecule has 0 aliphatic carbocycles. The molecule has 0 aromatic carbocycles. The van der Waals surface area contributed by atoms with Crippen molar-refractivity contribution in [3.05, 3.63) is 0 Å². The number of rotatable bonds is 2. The van der Waals surface area contributed by atoms with Gasteiger partial charge in [0, 0.05) is 39.3 Å². The molecule has 2 saturated heterocycles. The van der Waals surface area contributed by atoms with E-state index in [0.29, 0.717) is 6.54 Å². The van der Waals surface area contributed by atoms with Gasteiger partial charge < -0.3 is 14.5 Å². The molecular weight excluding hydrogens is 230 g/mol. The predicted molar refractivity (Wildman–Crippen MR) is 70.5 cm³/mol. The average Bonchev–Trinajstić information content (AvgIpc) is 2.28. The summed E-state index contributed by atoms with van der Waals surface area (Å²) in [6.45, 7) is 10.8. The summed E-state index contributed by atoms with van der Waals surface area (Å²) in [5.74, 6) is 0.265. The minimum Gasteiger partial charge on any atom is -0.373 e. The normalized spacial score (nSPS) is 26.3. The molecule has 2 aliphatic rings. The van der Waals surface area contributed by atoms with Crippen LogP contribution in [0.15, 0.2) is 0 Å². The molecule has 0 saturated carbocycles. The Morgan fingerprint density at radius 3 is 2.44 bits per heavy atom. The van der Waals surface area contributed by atoms with Crippen LogP contribution in [0.4, 0.5) is 0 Å². The van der Waals surface area contributed by atoms with Crippen LogP contribution in [0.3, 0.4) is 0 Å². The highest BCUT2D eigenvalue weighted by Gasteiger charge is 2.29. The molecule has 2 fully saturated rings. The van der Waals surface area contributed by atoms with Crippen molar-refractivity contribution >= 4 is 5.91 Å². The molecule has 0 atom stereocenters. The lowest BCUT2D eigenvalue weighted by Crippen LogP contribution is -2.54. The van der Waals surface area contributed by atoms with Gasteiger partial charge in [0.1, 0.15) is 0 Å². The smallest absolute Gasteiger partial charge is 0.236 e. The minimum absolute atomic E-state index is 0.124. The molecule has 1 amide bonds. The Morgan fingerprint density at radius 1 is 1.17 bits per heavy atom. The lowest BCUT2D eigenvalue weighted by molar-refractivity contribution is -0.138. The van der Waals surface area contributed by atoms with Crippen LogP contribution in [0.2, 0.25) is 0 Å². The van der Waals surface area contributed by atoms with E-state index in [1.807, 2.05) is 4.90 Å². The Kier molecular flexibility index (Phi) is 4.25. The summed E-state index contributed by atoms with van der Waals surface area (Å²) in [7, 11) is 2.10. The number of nitrogens with zero attached hydrogens (tertiary/aromatic N) is 3. The fourth-order valence-electron chi connectivity index (χ4n) is 2.60. The van der Waals surface area contributed by atoms with Crippen molar-refractivity contribution in [3.8, 4) is 0 Å². The second-order valence-corrected chi connectivity index (χ2v) is 6.00. The van der Waals surface area contributed by atoms with Crippen LogP contribution >= 0.6 is 0 Å². The first-order chi connectivity index (χ1) is 8.46. The van der Waals surface area contributed by atoms with Gasteiger partial charge in [-0.05, 0) is 20.9 Å². The van der Waals surface area contributed by atoms with Gasteiger partial charge in [0.25, 0.3) is 0 Å². The highest BCUT2D eigenvalue weighted by molar-refractivity contribution is 5.78. The van der Waals surface area contributed by atoms with Crippen LogP contribution in [0.5, 0.6) is 0 Å². The lowest BCUT2D eigenvalue weighted by Gasteiger charge is -2.39. The molecule has 104 valence electrons. The maximum atomic E-state index is 12.2. The number of likely N-dealkylation sites (N-methyl/N-ethyl adjacent to an activating group) is 1. The van der Waals surface area contributed by atoms with Gasteiger partial charge in [-0.1, -0.05) is 0 Å². The monoisotopic (exact) mass is 255 g/mol. The zero-order valence-electron chi connectivity index (χ0n) is 11.8. The second kappa shape index (κ2) is 5.55. The van der Waals surface area contributed by atoms with E-state index in [4.69, 9.17) is 4.74 Å². The van der Waals surface area contributed by atoms with Crippen molar-refractivity contribution in [1.82, 2.24) is 14.7 Å². The summed E-state index contributed by atoms with van der Waals surface area (Å²) in [5.41, 5.74) is -0.124. The molecule has 0 aromatic heterocycles. The number of hydrogen-bond donors (Lipinski definition) is 0. The fraction of sp³-hybridized carbons (Fsp3) is 0.923. The molecule has 5 nitrogen and oxygen atoms in total. The van der Waals surface area contributed by atoms with E-state index in [1.165, 1.54) is 0 Å². The van der Waals surface area contributed by atoms with E-state index >= 15 is 0 Å². The molecule has 0 spiro atoms. The number of morpholine rings is 1. The van der Waals surface area contributed by atoms with Gasteiger partial charge in [-0.3, -0.25) is 9.69 Å². The summed E-state index contributed by atoms with van der Waals surface area (Å²) >= 11 is 0. The zero-order valence-corrected chi connectivity index (χ0v) is 11.8. The zero-order chi connectivity index (χ0) is 13.2. The highest BCUT2D eigenvalue weighted by atomic mass is 16.5. The Bertz CT molecular complexity index is 299. The maximum Gasteiger partial charge on any atom is 0.236 e. The van der Waals surface area contributed by atoms with Crippen molar-refractivity contribution in [1.29, 1.82) is 0 Å². The van der Waals surface area contributed by atoms with Gasteiger partial charge >= 0.3 is 0 Å². The largest absolute Gasteiger partial charge is 0.373 e. The Balaban J connectivity index is 1.80. The Labute approximate surface area is 110 Å². The summed E-state index contributed by atoms with van der Waals surface area (Å²) < 4.78 is 5.66. The Morgan fingerprint density at radius 2 is 1.83 bits per heavy atom. The van der Waals surface area contributed by atoms with E-state index in [0.717, 1.165) is 45.9 Å². The van der Waals surface area contributed by atoms with E-state index in [-0.39, 0.29) is 11.5 Å². The number of hydrogen-bond acceptors (Lipinski definition) is 4. The summed E-state index contributed by atoms with van der Waals surface area (Å²) in [5, 5.41) is 0. The number of carbonyl (C=O) groups excluding carboxylic acids is 1. The second-order valence-electron chi connectivity index (χ2n) is 6.00. The van der Waals surface area contributed by atoms with E-state index in [9.17, 15) is 4.79 Å². The van der Waals surface area contributed by atoms with Crippen molar-refractivity contribution in [3.63, 3.8) is 0 Å². The fourth-order valence-corrected chi connectivity index (χ4v) is 2.60. The van der Waals surface area contributed by atoms with Crippen molar-refractivity contribution < 1.29 is 9.53 Å². The van der Waals surface area contributed by atoms with Gasteiger partial charge in [-0.25, -0.2) is 0 Å². The van der Waals surface area contributed by atoms with Crippen molar-refractivity contribution in [2.24, 2.45) is 0 Å². The lowest BCUT2D eigenvalue weighted by atomic mass is 10.1. The van der Waals surface area contributed by atoms with E-state index < -0.39 is 0 Å². The third kappa shape index (κ3) is 3.67. The SMILES string of the molecule is CN1CCN(C(=O)CN2CCOC(C)(C)C2)CC1. The summed E-state index contributed by atoms with van der Waals surface area (Å²) in [4.78, 5) is 18.7. The third-order valence-electron chi connectivity index (χ3n) is 3.72. The quantitative estimate of drug-likeness (QED) is 0.689. The number of amides is 1. The highest BCUT2D eigenvalue weighted by Crippen LogP contribution is 2.16. The molecule has 18 heavy (non-hydrogen) atoms. The topological polar surface area (TPSA) is 36.0 Å². The van der Waals surface area contributed by atoms with Crippen LogP contribution in [0.25, 0.3) is 0 Å². The van der Waals surface area contributed by atoms with Gasteiger partial charge in [0.15, 0.2) is 0 Å². The molecule has 2 rings (SSSR count). The average molecular weight is 255 g/mol. The van der Waals surface area contributed by atoms with Crippen molar-refractivity contribution in [2.75, 3.05) is 59.5 Å². The van der Waals surface area contributed by atoms with Crippen molar-refractivity contribution in [2.45, 2.75) is 19.4 Å². The van der Waals surface area contributed by atoms with Crippen LogP contribution < -0.4 is 0 Å². The van der Waals surface area contributed by atoms with Gasteiger partial charge in [0.05, 0.1) is 18.8 Å². The van der Waals surface area contributed by atoms with E-state index in [2.05, 4.69) is 30.7 Å². The third-order valence-corrected chi connectivity index (χ3v) is 3.72. The molecule has 0 unspecified atom stereocenters. The molecule has 0 aromatic rings. The molecular formula is C13H25N3O2. The first kappa shape index (κ1) is 13.8. The minimum atomic E-state index is -0.124. The van der Waals surface area contributed by atoms with Gasteiger partial charge in [0.2, 0.25) is 5.91 Å².